The second-order valence-corrected chi connectivity index (χ2v) is 3.36. The molecule has 0 radical (unpaired) electrons. The second-order valence-electron chi connectivity index (χ2n) is 3.36. The summed E-state index contributed by atoms with van der Waals surface area (Å²) < 4.78 is 18.4. The number of carbonyl (C=O) groups is 1. The van der Waals surface area contributed by atoms with E-state index in [-0.39, 0.29) is 22.7 Å². The lowest BCUT2D eigenvalue weighted by molar-refractivity contribution is 0.101. The monoisotopic (exact) mass is 220 g/mol. The Balaban J connectivity index is 2.67. The van der Waals surface area contributed by atoms with Crippen LogP contribution in [0.4, 0.5) is 4.39 Å². The molecule has 2 aromatic rings. The average molecular weight is 220 g/mol. The van der Waals surface area contributed by atoms with Gasteiger partial charge in [0.05, 0.1) is 5.56 Å². The van der Waals surface area contributed by atoms with Crippen LogP contribution in [0.25, 0.3) is 11.4 Å². The summed E-state index contributed by atoms with van der Waals surface area (Å²) in [6.07, 6.45) is 0. The number of ketones is 1. The number of aromatic nitrogens is 2. The van der Waals surface area contributed by atoms with Gasteiger partial charge in [0.25, 0.3) is 0 Å². The summed E-state index contributed by atoms with van der Waals surface area (Å²) in [6, 6.07) is 4.27. The maximum atomic E-state index is 13.6. The molecule has 0 fully saturated rings. The lowest BCUT2D eigenvalue weighted by Gasteiger charge is -2.03. The number of hydrogen-bond donors (Lipinski definition) is 0. The molecule has 16 heavy (non-hydrogen) atoms. The highest BCUT2D eigenvalue weighted by Gasteiger charge is 2.18. The van der Waals surface area contributed by atoms with Gasteiger partial charge in [-0.15, -0.1) is 0 Å². The second kappa shape index (κ2) is 3.84. The van der Waals surface area contributed by atoms with Crippen molar-refractivity contribution >= 4 is 5.78 Å². The van der Waals surface area contributed by atoms with E-state index in [9.17, 15) is 9.18 Å². The normalized spacial score (nSPS) is 10.4. The molecule has 0 unspecified atom stereocenters. The predicted molar refractivity (Wildman–Crippen MR) is 54.4 cm³/mol. The third kappa shape index (κ3) is 1.71. The SMILES string of the molecule is CC(=O)c1cccc(F)c1-c1noc(C)n1. The van der Waals surface area contributed by atoms with Gasteiger partial charge in [-0.3, -0.25) is 4.79 Å². The molecule has 4 nitrogen and oxygen atoms in total. The van der Waals surface area contributed by atoms with Crippen LogP contribution in [0.3, 0.4) is 0 Å². The Bertz CT molecular complexity index is 549. The minimum atomic E-state index is -0.534. The molecule has 1 heterocycles. The van der Waals surface area contributed by atoms with Gasteiger partial charge in [0.1, 0.15) is 5.82 Å². The number of carbonyl (C=O) groups excluding carboxylic acids is 1. The van der Waals surface area contributed by atoms with Gasteiger partial charge in [0, 0.05) is 12.5 Å². The summed E-state index contributed by atoms with van der Waals surface area (Å²) in [7, 11) is 0. The van der Waals surface area contributed by atoms with E-state index in [1.807, 2.05) is 0 Å². The van der Waals surface area contributed by atoms with Crippen LogP contribution < -0.4 is 0 Å². The molecule has 1 aromatic carbocycles. The van der Waals surface area contributed by atoms with E-state index in [2.05, 4.69) is 10.1 Å². The van der Waals surface area contributed by atoms with E-state index in [0.29, 0.717) is 5.89 Å². The Hall–Kier alpha value is -2.04. The van der Waals surface area contributed by atoms with E-state index in [4.69, 9.17) is 4.52 Å². The van der Waals surface area contributed by atoms with Crippen molar-refractivity contribution in [2.24, 2.45) is 0 Å². The maximum Gasteiger partial charge on any atom is 0.223 e. The van der Waals surface area contributed by atoms with Gasteiger partial charge in [-0.1, -0.05) is 17.3 Å². The van der Waals surface area contributed by atoms with Crippen LogP contribution in [0.5, 0.6) is 0 Å². The molecule has 82 valence electrons. The highest BCUT2D eigenvalue weighted by atomic mass is 19.1. The first-order valence-electron chi connectivity index (χ1n) is 4.69. The number of rotatable bonds is 2. The molecule has 0 spiro atoms. The van der Waals surface area contributed by atoms with Crippen LogP contribution in [0, 0.1) is 12.7 Å². The number of nitrogens with zero attached hydrogens (tertiary/aromatic N) is 2. The summed E-state index contributed by atoms with van der Waals surface area (Å²) >= 11 is 0. The van der Waals surface area contributed by atoms with E-state index >= 15 is 0 Å². The number of Topliss-reactive ketones (excluding diaryl/α,β-unsaturated/α-hetero) is 1. The third-order valence-corrected chi connectivity index (χ3v) is 2.14. The van der Waals surface area contributed by atoms with Gasteiger partial charge in [-0.2, -0.15) is 4.98 Å². The fourth-order valence-electron chi connectivity index (χ4n) is 1.45. The zero-order valence-electron chi connectivity index (χ0n) is 8.82. The number of halogens is 1. The zero-order chi connectivity index (χ0) is 11.7. The van der Waals surface area contributed by atoms with Crippen molar-refractivity contribution in [3.05, 3.63) is 35.5 Å². The fraction of sp³-hybridized carbons (Fsp3) is 0.182. The van der Waals surface area contributed by atoms with Crippen molar-refractivity contribution < 1.29 is 13.7 Å². The van der Waals surface area contributed by atoms with Crippen LogP contribution >= 0.6 is 0 Å². The van der Waals surface area contributed by atoms with E-state index in [1.54, 1.807) is 6.92 Å². The number of aryl methyl sites for hydroxylation is 1. The molecule has 0 saturated carbocycles. The van der Waals surface area contributed by atoms with Crippen molar-refractivity contribution in [1.82, 2.24) is 10.1 Å². The smallest absolute Gasteiger partial charge is 0.223 e. The van der Waals surface area contributed by atoms with Crippen LogP contribution in [0.1, 0.15) is 23.2 Å². The molecule has 0 saturated heterocycles. The minimum absolute atomic E-state index is 0.0897. The number of hydrogen-bond acceptors (Lipinski definition) is 4. The average Bonchev–Trinajstić information content (AvgIpc) is 2.64. The highest BCUT2D eigenvalue weighted by Crippen LogP contribution is 2.24. The van der Waals surface area contributed by atoms with Crippen LogP contribution in [0.2, 0.25) is 0 Å². The standard InChI is InChI=1S/C11H9FN2O2/c1-6(15)8-4-3-5-9(12)10(8)11-13-7(2)16-14-11/h3-5H,1-2H3. The van der Waals surface area contributed by atoms with Crippen LogP contribution in [-0.4, -0.2) is 15.9 Å². The summed E-state index contributed by atoms with van der Waals surface area (Å²) in [5.41, 5.74) is 0.340. The van der Waals surface area contributed by atoms with Crippen LogP contribution in [0.15, 0.2) is 22.7 Å². The van der Waals surface area contributed by atoms with E-state index in [1.165, 1.54) is 25.1 Å². The molecule has 0 N–H and O–H groups in total. The number of benzene rings is 1. The molecular formula is C11H9FN2O2. The summed E-state index contributed by atoms with van der Waals surface area (Å²) in [4.78, 5) is 15.3. The molecule has 0 aliphatic carbocycles. The van der Waals surface area contributed by atoms with Crippen LogP contribution in [-0.2, 0) is 0 Å². The van der Waals surface area contributed by atoms with Gasteiger partial charge in [0.2, 0.25) is 11.7 Å². The van der Waals surface area contributed by atoms with Gasteiger partial charge in [-0.05, 0) is 13.0 Å². The Labute approximate surface area is 91.1 Å². The first-order valence-corrected chi connectivity index (χ1v) is 4.69. The van der Waals surface area contributed by atoms with Gasteiger partial charge < -0.3 is 4.52 Å². The summed E-state index contributed by atoms with van der Waals surface area (Å²) in [5, 5.41) is 3.61. The van der Waals surface area contributed by atoms with Crippen molar-refractivity contribution in [2.75, 3.05) is 0 Å². The first-order chi connectivity index (χ1) is 7.59. The molecule has 0 amide bonds. The van der Waals surface area contributed by atoms with Gasteiger partial charge in [0.15, 0.2) is 5.78 Å². The molecule has 2 rings (SSSR count). The quantitative estimate of drug-likeness (QED) is 0.729. The van der Waals surface area contributed by atoms with Crippen molar-refractivity contribution in [2.45, 2.75) is 13.8 Å². The third-order valence-electron chi connectivity index (χ3n) is 2.14. The predicted octanol–water partition coefficient (Wildman–Crippen LogP) is 2.39. The van der Waals surface area contributed by atoms with Crippen molar-refractivity contribution in [1.29, 1.82) is 0 Å². The summed E-state index contributed by atoms with van der Waals surface area (Å²) in [6.45, 7) is 2.97. The summed E-state index contributed by atoms with van der Waals surface area (Å²) in [5.74, 6) is -0.348. The Morgan fingerprint density at radius 2 is 2.19 bits per heavy atom. The molecule has 0 atom stereocenters. The highest BCUT2D eigenvalue weighted by molar-refractivity contribution is 6.00. The van der Waals surface area contributed by atoms with E-state index in [0.717, 1.165) is 0 Å². The maximum absolute atomic E-state index is 13.6. The Morgan fingerprint density at radius 3 is 2.75 bits per heavy atom. The molecule has 5 heteroatoms. The molecular weight excluding hydrogens is 211 g/mol. The van der Waals surface area contributed by atoms with Crippen molar-refractivity contribution in [3.63, 3.8) is 0 Å². The Kier molecular flexibility index (Phi) is 2.52. The zero-order valence-corrected chi connectivity index (χ0v) is 8.82. The van der Waals surface area contributed by atoms with Gasteiger partial charge >= 0.3 is 0 Å². The molecule has 0 bridgehead atoms. The van der Waals surface area contributed by atoms with Crippen molar-refractivity contribution in [3.8, 4) is 11.4 Å². The first kappa shape index (κ1) is 10.5. The lowest BCUT2D eigenvalue weighted by atomic mass is 10.0. The topological polar surface area (TPSA) is 56.0 Å². The molecule has 0 aliphatic rings. The fourth-order valence-corrected chi connectivity index (χ4v) is 1.45. The molecule has 0 aliphatic heterocycles. The largest absolute Gasteiger partial charge is 0.339 e. The Morgan fingerprint density at radius 1 is 1.44 bits per heavy atom. The van der Waals surface area contributed by atoms with E-state index < -0.39 is 5.82 Å². The molecule has 1 aromatic heterocycles. The lowest BCUT2D eigenvalue weighted by Crippen LogP contribution is -1.99. The minimum Gasteiger partial charge on any atom is -0.339 e. The van der Waals surface area contributed by atoms with Gasteiger partial charge in [-0.25, -0.2) is 4.39 Å².